The van der Waals surface area contributed by atoms with Gasteiger partial charge in [0.15, 0.2) is 0 Å². The molecule has 1 rings (SSSR count). The first-order chi connectivity index (χ1) is 9.36. The van der Waals surface area contributed by atoms with E-state index in [1.807, 2.05) is 6.92 Å². The predicted octanol–water partition coefficient (Wildman–Crippen LogP) is 2.55. The van der Waals surface area contributed by atoms with Gasteiger partial charge in [-0.1, -0.05) is 13.3 Å². The Morgan fingerprint density at radius 1 is 1.30 bits per heavy atom. The normalized spacial score (nSPS) is 11.8. The third kappa shape index (κ3) is 3.74. The standard InChI is InChI=1S/C12H14N2O6/c1-2-3-9(12(15)16)6-8-4-5-10(13(17)18)7-11(8)14(19)20/h4-5,7,9H,2-3,6H2,1H3,(H,15,16). The van der Waals surface area contributed by atoms with Gasteiger partial charge in [0.2, 0.25) is 0 Å². The van der Waals surface area contributed by atoms with Crippen molar-refractivity contribution in [3.63, 3.8) is 0 Å². The molecule has 0 fully saturated rings. The first-order valence-corrected chi connectivity index (χ1v) is 6.01. The number of benzene rings is 1. The average molecular weight is 282 g/mol. The van der Waals surface area contributed by atoms with Crippen LogP contribution in [0.2, 0.25) is 0 Å². The van der Waals surface area contributed by atoms with E-state index in [0.29, 0.717) is 12.8 Å². The minimum Gasteiger partial charge on any atom is -0.481 e. The van der Waals surface area contributed by atoms with Crippen molar-refractivity contribution in [1.29, 1.82) is 0 Å². The summed E-state index contributed by atoms with van der Waals surface area (Å²) in [5.74, 6) is -1.76. The van der Waals surface area contributed by atoms with Crippen molar-refractivity contribution in [1.82, 2.24) is 0 Å². The van der Waals surface area contributed by atoms with E-state index in [4.69, 9.17) is 5.11 Å². The maximum absolute atomic E-state index is 11.1. The maximum Gasteiger partial charge on any atom is 0.306 e. The molecule has 0 radical (unpaired) electrons. The molecule has 1 aromatic carbocycles. The molecule has 0 saturated carbocycles. The van der Waals surface area contributed by atoms with Gasteiger partial charge >= 0.3 is 5.97 Å². The first kappa shape index (κ1) is 15.5. The molecule has 0 spiro atoms. The van der Waals surface area contributed by atoms with Crippen LogP contribution in [0.25, 0.3) is 0 Å². The van der Waals surface area contributed by atoms with Crippen LogP contribution in [-0.2, 0) is 11.2 Å². The van der Waals surface area contributed by atoms with Crippen molar-refractivity contribution in [2.24, 2.45) is 5.92 Å². The first-order valence-electron chi connectivity index (χ1n) is 6.01. The van der Waals surface area contributed by atoms with Crippen LogP contribution in [-0.4, -0.2) is 20.9 Å². The topological polar surface area (TPSA) is 124 Å². The van der Waals surface area contributed by atoms with E-state index < -0.39 is 27.4 Å². The van der Waals surface area contributed by atoms with E-state index in [1.54, 1.807) is 0 Å². The second kappa shape index (κ2) is 6.60. The zero-order valence-corrected chi connectivity index (χ0v) is 10.8. The van der Waals surface area contributed by atoms with Gasteiger partial charge in [-0.2, -0.15) is 0 Å². The van der Waals surface area contributed by atoms with Gasteiger partial charge in [0.25, 0.3) is 11.4 Å². The molecule has 0 saturated heterocycles. The van der Waals surface area contributed by atoms with Gasteiger partial charge in [-0.25, -0.2) is 0 Å². The summed E-state index contributed by atoms with van der Waals surface area (Å²) in [6.07, 6.45) is 1.01. The van der Waals surface area contributed by atoms with Crippen LogP contribution in [0.15, 0.2) is 18.2 Å². The Hall–Kier alpha value is -2.51. The molecule has 1 unspecified atom stereocenters. The highest BCUT2D eigenvalue weighted by molar-refractivity contribution is 5.70. The fourth-order valence-corrected chi connectivity index (χ4v) is 1.94. The molecule has 0 aromatic heterocycles. The molecule has 0 aliphatic heterocycles. The van der Waals surface area contributed by atoms with Crippen LogP contribution in [0, 0.1) is 26.1 Å². The Morgan fingerprint density at radius 3 is 2.40 bits per heavy atom. The maximum atomic E-state index is 11.1. The van der Waals surface area contributed by atoms with E-state index in [1.165, 1.54) is 6.07 Å². The second-order valence-corrected chi connectivity index (χ2v) is 4.36. The zero-order chi connectivity index (χ0) is 15.3. The summed E-state index contributed by atoms with van der Waals surface area (Å²) in [6.45, 7) is 1.82. The summed E-state index contributed by atoms with van der Waals surface area (Å²) < 4.78 is 0. The van der Waals surface area contributed by atoms with E-state index in [2.05, 4.69) is 0 Å². The predicted molar refractivity (Wildman–Crippen MR) is 69.5 cm³/mol. The molecular weight excluding hydrogens is 268 g/mol. The van der Waals surface area contributed by atoms with E-state index in [-0.39, 0.29) is 17.7 Å². The van der Waals surface area contributed by atoms with Crippen molar-refractivity contribution in [2.75, 3.05) is 0 Å². The molecule has 0 bridgehead atoms. The smallest absolute Gasteiger partial charge is 0.306 e. The van der Waals surface area contributed by atoms with Crippen LogP contribution >= 0.6 is 0 Å². The van der Waals surface area contributed by atoms with Crippen LogP contribution in [0.4, 0.5) is 11.4 Å². The average Bonchev–Trinajstić information content (AvgIpc) is 2.37. The minimum absolute atomic E-state index is 0.0164. The lowest BCUT2D eigenvalue weighted by molar-refractivity contribution is -0.394. The zero-order valence-electron chi connectivity index (χ0n) is 10.8. The number of carboxylic acid groups (broad SMARTS) is 1. The number of rotatable bonds is 7. The fourth-order valence-electron chi connectivity index (χ4n) is 1.94. The summed E-state index contributed by atoms with van der Waals surface area (Å²) >= 11 is 0. The van der Waals surface area contributed by atoms with Gasteiger partial charge in [0.05, 0.1) is 21.8 Å². The number of nitro groups is 2. The molecule has 1 aromatic rings. The van der Waals surface area contributed by atoms with Crippen molar-refractivity contribution in [2.45, 2.75) is 26.2 Å². The second-order valence-electron chi connectivity index (χ2n) is 4.36. The molecule has 0 aliphatic carbocycles. The molecule has 20 heavy (non-hydrogen) atoms. The number of hydrogen-bond acceptors (Lipinski definition) is 5. The molecule has 1 atom stereocenters. The fraction of sp³-hybridized carbons (Fsp3) is 0.417. The number of aliphatic carboxylic acids is 1. The van der Waals surface area contributed by atoms with Crippen LogP contribution in [0.1, 0.15) is 25.3 Å². The third-order valence-electron chi connectivity index (χ3n) is 2.93. The van der Waals surface area contributed by atoms with Crippen molar-refractivity contribution >= 4 is 17.3 Å². The molecule has 0 heterocycles. The molecule has 0 aliphatic rings. The summed E-state index contributed by atoms with van der Waals surface area (Å²) in [5, 5.41) is 30.6. The van der Waals surface area contributed by atoms with Crippen molar-refractivity contribution in [3.05, 3.63) is 44.0 Å². The largest absolute Gasteiger partial charge is 0.481 e. The van der Waals surface area contributed by atoms with Crippen LogP contribution in [0.5, 0.6) is 0 Å². The van der Waals surface area contributed by atoms with Gasteiger partial charge in [-0.05, 0) is 18.9 Å². The number of nitrogens with zero attached hydrogens (tertiary/aromatic N) is 2. The van der Waals surface area contributed by atoms with Crippen LogP contribution in [0.3, 0.4) is 0 Å². The lowest BCUT2D eigenvalue weighted by atomic mass is 9.94. The molecule has 0 amide bonds. The summed E-state index contributed by atoms with van der Waals surface area (Å²) in [7, 11) is 0. The van der Waals surface area contributed by atoms with Gasteiger partial charge in [-0.3, -0.25) is 25.0 Å². The van der Waals surface area contributed by atoms with E-state index in [9.17, 15) is 25.0 Å². The van der Waals surface area contributed by atoms with Gasteiger partial charge in [0.1, 0.15) is 0 Å². The van der Waals surface area contributed by atoms with Gasteiger partial charge in [0, 0.05) is 11.6 Å². The molecule has 8 nitrogen and oxygen atoms in total. The third-order valence-corrected chi connectivity index (χ3v) is 2.93. The molecule has 1 N–H and O–H groups in total. The SMILES string of the molecule is CCCC(Cc1ccc([N+](=O)[O-])cc1[N+](=O)[O-])C(=O)O. The van der Waals surface area contributed by atoms with Crippen molar-refractivity contribution < 1.29 is 19.7 Å². The number of nitro benzene ring substituents is 2. The highest BCUT2D eigenvalue weighted by atomic mass is 16.6. The summed E-state index contributed by atoms with van der Waals surface area (Å²) in [4.78, 5) is 31.2. The summed E-state index contributed by atoms with van der Waals surface area (Å²) in [5.41, 5.74) is -0.606. The number of carboxylic acids is 1. The van der Waals surface area contributed by atoms with Gasteiger partial charge < -0.3 is 5.11 Å². The molecule has 108 valence electrons. The van der Waals surface area contributed by atoms with E-state index in [0.717, 1.165) is 12.1 Å². The Kier molecular flexibility index (Phi) is 5.13. The number of non-ortho nitro benzene ring substituents is 1. The number of hydrogen-bond donors (Lipinski definition) is 1. The Balaban J connectivity index is 3.13. The quantitative estimate of drug-likeness (QED) is 0.605. The molecule has 8 heteroatoms. The van der Waals surface area contributed by atoms with Gasteiger partial charge in [-0.15, -0.1) is 0 Å². The summed E-state index contributed by atoms with van der Waals surface area (Å²) in [6, 6.07) is 3.26. The Bertz CT molecular complexity index is 543. The Labute approximate surface area is 114 Å². The lowest BCUT2D eigenvalue weighted by Gasteiger charge is -2.11. The van der Waals surface area contributed by atoms with Crippen molar-refractivity contribution in [3.8, 4) is 0 Å². The Morgan fingerprint density at radius 2 is 1.95 bits per heavy atom. The number of carbonyl (C=O) groups is 1. The monoisotopic (exact) mass is 282 g/mol. The highest BCUT2D eigenvalue weighted by Crippen LogP contribution is 2.27. The highest BCUT2D eigenvalue weighted by Gasteiger charge is 2.24. The molecular formula is C12H14N2O6. The minimum atomic E-state index is -1.03. The lowest BCUT2D eigenvalue weighted by Crippen LogP contribution is -2.17. The van der Waals surface area contributed by atoms with Crippen LogP contribution < -0.4 is 0 Å². The van der Waals surface area contributed by atoms with E-state index >= 15 is 0 Å².